The van der Waals surface area contributed by atoms with Crippen LogP contribution in [0.5, 0.6) is 11.6 Å². The first-order valence-corrected chi connectivity index (χ1v) is 12.8. The van der Waals surface area contributed by atoms with Crippen LogP contribution in [0.25, 0.3) is 11.1 Å². The molecule has 2 aromatic carbocycles. The van der Waals surface area contributed by atoms with Crippen molar-refractivity contribution < 1.29 is 18.3 Å². The second-order valence-corrected chi connectivity index (χ2v) is 8.83. The fourth-order valence-electron chi connectivity index (χ4n) is 4.11. The summed E-state index contributed by atoms with van der Waals surface area (Å²) in [4.78, 5) is 12.1. The van der Waals surface area contributed by atoms with E-state index in [0.717, 1.165) is 44.7 Å². The molecule has 0 aliphatic carbocycles. The van der Waals surface area contributed by atoms with Gasteiger partial charge in [0.2, 0.25) is 5.88 Å². The Morgan fingerprint density at radius 2 is 1.36 bits per heavy atom. The van der Waals surface area contributed by atoms with Crippen LogP contribution < -0.4 is 9.47 Å². The Balaban J connectivity index is 0.000000148. The van der Waals surface area contributed by atoms with E-state index in [1.807, 2.05) is 34.2 Å². The minimum Gasteiger partial charge on any atom is -0.487 e. The molecule has 0 fully saturated rings. The van der Waals surface area contributed by atoms with Crippen molar-refractivity contribution in [3.8, 4) is 11.6 Å². The molecule has 0 atom stereocenters. The van der Waals surface area contributed by atoms with Gasteiger partial charge in [0.05, 0.1) is 5.69 Å². The van der Waals surface area contributed by atoms with Gasteiger partial charge in [0.25, 0.3) is 0 Å². The van der Waals surface area contributed by atoms with E-state index in [-0.39, 0.29) is 11.6 Å². The zero-order valence-electron chi connectivity index (χ0n) is 18.7. The van der Waals surface area contributed by atoms with Crippen LogP contribution in [0.15, 0.2) is 83.0 Å². The molecular weight excluding hydrogens is 594 g/mol. The van der Waals surface area contributed by atoms with Crippen LogP contribution in [0.2, 0.25) is 0 Å². The molecule has 0 amide bonds. The molecule has 0 saturated heterocycles. The largest absolute Gasteiger partial charge is 0.487 e. The molecule has 0 unspecified atom stereocenters. The molecule has 36 heavy (non-hydrogen) atoms. The van der Waals surface area contributed by atoms with Crippen molar-refractivity contribution in [3.05, 3.63) is 128 Å². The zero-order valence-corrected chi connectivity index (χ0v) is 21.9. The topological polar surface area (TPSA) is 44.2 Å². The fourth-order valence-corrected chi connectivity index (χ4v) is 5.10. The Bertz CT molecular complexity index is 1390. The smallest absolute Gasteiger partial charge is 0.221 e. The number of halogens is 4. The number of aromatic nitrogens is 2. The highest BCUT2D eigenvalue weighted by molar-refractivity contribution is 9.11. The predicted octanol–water partition coefficient (Wildman–Crippen LogP) is 7.79. The Hall–Kier alpha value is -3.36. The van der Waals surface area contributed by atoms with Crippen LogP contribution in [-0.4, -0.2) is 9.97 Å². The monoisotopic (exact) mass is 610 g/mol. The van der Waals surface area contributed by atoms with Crippen molar-refractivity contribution in [2.24, 2.45) is 0 Å². The lowest BCUT2D eigenvalue weighted by atomic mass is 9.97. The molecule has 2 aromatic heterocycles. The van der Waals surface area contributed by atoms with Crippen LogP contribution >= 0.6 is 31.9 Å². The Labute approximate surface area is 223 Å². The average molecular weight is 612 g/mol. The van der Waals surface area contributed by atoms with Gasteiger partial charge in [0, 0.05) is 51.9 Å². The molecule has 4 heterocycles. The number of fused-ring (bicyclic) bond motifs is 4. The third kappa shape index (κ3) is 4.83. The SMILES string of the molecule is Fc1ccc2c(c1)COc1ncccc1/C2=C/Br.Fc1ccc2c(c1)OCc1ncccc1/C2=C\Br. The average Bonchev–Trinajstić information content (AvgIpc) is 3.16. The highest BCUT2D eigenvalue weighted by Gasteiger charge is 2.21. The quantitative estimate of drug-likeness (QED) is 0.204. The zero-order chi connectivity index (χ0) is 25.1. The fraction of sp³-hybridized carbons (Fsp3) is 0.0714. The molecule has 2 aliphatic rings. The molecule has 0 spiro atoms. The van der Waals surface area contributed by atoms with Gasteiger partial charge in [0.1, 0.15) is 30.6 Å². The highest BCUT2D eigenvalue weighted by atomic mass is 79.9. The van der Waals surface area contributed by atoms with Crippen molar-refractivity contribution >= 4 is 43.0 Å². The molecule has 0 saturated carbocycles. The van der Waals surface area contributed by atoms with E-state index in [1.165, 1.54) is 24.3 Å². The number of rotatable bonds is 0. The minimum atomic E-state index is -0.304. The summed E-state index contributed by atoms with van der Waals surface area (Å²) in [5, 5.41) is 0. The molecule has 4 aromatic rings. The van der Waals surface area contributed by atoms with E-state index in [9.17, 15) is 8.78 Å². The molecule has 180 valence electrons. The lowest BCUT2D eigenvalue weighted by Crippen LogP contribution is -1.98. The first kappa shape index (κ1) is 24.3. The lowest BCUT2D eigenvalue weighted by Gasteiger charge is -2.08. The number of nitrogens with zero attached hydrogens (tertiary/aromatic N) is 2. The summed E-state index contributed by atoms with van der Waals surface area (Å²) in [6.45, 7) is 0.665. The molecule has 6 rings (SSSR count). The second kappa shape index (κ2) is 10.7. The summed E-state index contributed by atoms with van der Waals surface area (Å²) in [6.07, 6.45) is 3.41. The summed E-state index contributed by atoms with van der Waals surface area (Å²) in [6, 6.07) is 16.9. The molecule has 8 heteroatoms. The third-order valence-corrected chi connectivity index (χ3v) is 6.70. The molecule has 0 radical (unpaired) electrons. The first-order chi connectivity index (χ1) is 17.6. The predicted molar refractivity (Wildman–Crippen MR) is 142 cm³/mol. The minimum absolute atomic E-state index is 0.259. The van der Waals surface area contributed by atoms with Gasteiger partial charge < -0.3 is 9.47 Å². The van der Waals surface area contributed by atoms with Gasteiger partial charge in [-0.15, -0.1) is 0 Å². The molecule has 2 aliphatic heterocycles. The molecular formula is C28H18Br2F2N2O2. The van der Waals surface area contributed by atoms with Gasteiger partial charge in [-0.3, -0.25) is 4.98 Å². The summed E-state index contributed by atoms with van der Waals surface area (Å²) < 4.78 is 37.8. The number of benzene rings is 2. The molecule has 4 nitrogen and oxygen atoms in total. The van der Waals surface area contributed by atoms with Crippen LogP contribution in [-0.2, 0) is 13.2 Å². The van der Waals surface area contributed by atoms with Crippen molar-refractivity contribution in [3.63, 3.8) is 0 Å². The van der Waals surface area contributed by atoms with Gasteiger partial charge >= 0.3 is 0 Å². The van der Waals surface area contributed by atoms with Gasteiger partial charge in [-0.2, -0.15) is 0 Å². The van der Waals surface area contributed by atoms with Crippen LogP contribution in [0.3, 0.4) is 0 Å². The number of hydrogen-bond donors (Lipinski definition) is 0. The van der Waals surface area contributed by atoms with Crippen LogP contribution in [0.1, 0.15) is 33.5 Å². The van der Waals surface area contributed by atoms with Gasteiger partial charge in [-0.1, -0.05) is 44.0 Å². The maximum Gasteiger partial charge on any atom is 0.221 e. The van der Waals surface area contributed by atoms with Crippen LogP contribution in [0, 0.1) is 11.6 Å². The van der Waals surface area contributed by atoms with Crippen molar-refractivity contribution in [2.45, 2.75) is 13.2 Å². The standard InChI is InChI=1S/2C14H9BrFNO/c15-7-13-11-4-3-10(16)6-9(11)8-18-14-12(13)2-1-5-17-14;15-7-12-10-2-1-5-17-13(10)8-18-14-6-9(16)3-4-11(12)14/h2*1-7H,8H2/b13-7+;12-7+. The summed E-state index contributed by atoms with van der Waals surface area (Å²) in [5.41, 5.74) is 7.29. The van der Waals surface area contributed by atoms with E-state index in [1.54, 1.807) is 24.5 Å². The highest BCUT2D eigenvalue weighted by Crippen LogP contribution is 2.37. The second-order valence-electron chi connectivity index (χ2n) is 7.92. The van der Waals surface area contributed by atoms with Crippen molar-refractivity contribution in [2.75, 3.05) is 0 Å². The Morgan fingerprint density at radius 1 is 0.694 bits per heavy atom. The van der Waals surface area contributed by atoms with Crippen molar-refractivity contribution in [1.29, 1.82) is 0 Å². The third-order valence-electron chi connectivity index (χ3n) is 5.78. The summed E-state index contributed by atoms with van der Waals surface area (Å²) in [7, 11) is 0. The first-order valence-electron chi connectivity index (χ1n) is 10.9. The number of hydrogen-bond acceptors (Lipinski definition) is 4. The Morgan fingerprint density at radius 3 is 2.14 bits per heavy atom. The molecule has 0 N–H and O–H groups in total. The maximum absolute atomic E-state index is 13.3. The van der Waals surface area contributed by atoms with Crippen molar-refractivity contribution in [1.82, 2.24) is 9.97 Å². The van der Waals surface area contributed by atoms with Gasteiger partial charge in [-0.25, -0.2) is 13.8 Å². The normalized spacial score (nSPS) is 15.6. The Kier molecular flexibility index (Phi) is 7.25. The van der Waals surface area contributed by atoms with Crippen LogP contribution in [0.4, 0.5) is 8.78 Å². The summed E-state index contributed by atoms with van der Waals surface area (Å²) in [5.74, 6) is 0.547. The van der Waals surface area contributed by atoms with E-state index >= 15 is 0 Å². The van der Waals surface area contributed by atoms with Gasteiger partial charge in [0.15, 0.2) is 0 Å². The number of ether oxygens (including phenoxy) is 2. The maximum atomic E-state index is 13.3. The van der Waals surface area contributed by atoms with Gasteiger partial charge in [-0.05, 0) is 58.0 Å². The van der Waals surface area contributed by atoms with E-state index in [4.69, 9.17) is 9.47 Å². The number of pyridine rings is 2. The lowest BCUT2D eigenvalue weighted by molar-refractivity contribution is 0.294. The van der Waals surface area contributed by atoms with E-state index in [2.05, 4.69) is 41.8 Å². The van der Waals surface area contributed by atoms with E-state index < -0.39 is 0 Å². The summed E-state index contributed by atoms with van der Waals surface area (Å²) >= 11 is 6.73. The van der Waals surface area contributed by atoms with E-state index in [0.29, 0.717) is 24.8 Å². The molecule has 0 bridgehead atoms.